The monoisotopic (exact) mass is 223 g/mol. The maximum atomic E-state index is 11.7. The van der Waals surface area contributed by atoms with Crippen LogP contribution in [0.15, 0.2) is 24.3 Å². The fourth-order valence-corrected chi connectivity index (χ4v) is 1.45. The topological polar surface area (TPSA) is 38.8 Å². The van der Waals surface area contributed by atoms with Crippen molar-refractivity contribution in [3.8, 4) is 5.75 Å². The van der Waals surface area contributed by atoms with E-state index in [1.54, 1.807) is 18.9 Å². The summed E-state index contributed by atoms with van der Waals surface area (Å²) in [5.41, 5.74) is 0.728. The van der Waals surface area contributed by atoms with Gasteiger partial charge in [0.05, 0.1) is 19.4 Å². The Morgan fingerprint density at radius 3 is 2.56 bits per heavy atom. The lowest BCUT2D eigenvalue weighted by atomic mass is 10.2. The number of nitrogens with zero attached hydrogens (tertiary/aromatic N) is 1. The van der Waals surface area contributed by atoms with E-state index < -0.39 is 0 Å². The molecule has 0 aromatic heterocycles. The minimum absolute atomic E-state index is 0.352. The zero-order valence-electron chi connectivity index (χ0n) is 9.90. The van der Waals surface area contributed by atoms with Crippen molar-refractivity contribution >= 4 is 11.8 Å². The summed E-state index contributed by atoms with van der Waals surface area (Å²) in [6, 6.07) is 7.37. The van der Waals surface area contributed by atoms with Crippen molar-refractivity contribution in [3.63, 3.8) is 0 Å². The summed E-state index contributed by atoms with van der Waals surface area (Å²) in [4.78, 5) is 13.2. The van der Waals surface area contributed by atoms with Gasteiger partial charge in [-0.15, -0.1) is 0 Å². The van der Waals surface area contributed by atoms with Gasteiger partial charge in [0.2, 0.25) is 0 Å². The number of methoxy groups -OCH3 is 1. The Kier molecular flexibility index (Phi) is 4.64. The Labute approximate surface area is 95.8 Å². The van der Waals surface area contributed by atoms with Gasteiger partial charge in [0.25, 0.3) is 0 Å². The van der Waals surface area contributed by atoms with E-state index in [9.17, 15) is 4.79 Å². The lowest BCUT2D eigenvalue weighted by Gasteiger charge is -2.21. The Morgan fingerprint density at radius 2 is 2.00 bits per heavy atom. The van der Waals surface area contributed by atoms with Crippen LogP contribution < -0.4 is 9.64 Å². The average molecular weight is 223 g/mol. The number of ether oxygens (including phenoxy) is 2. The van der Waals surface area contributed by atoms with Gasteiger partial charge in [-0.25, -0.2) is 4.79 Å². The molecule has 0 unspecified atom stereocenters. The number of hydrogen-bond acceptors (Lipinski definition) is 3. The molecule has 0 fully saturated rings. The van der Waals surface area contributed by atoms with Gasteiger partial charge in [-0.2, -0.15) is 0 Å². The standard InChI is InChI=1S/C12H17NO3/c1-4-13(12(14)16-5-2)10-8-6-7-9-11(10)15-3/h6-9H,4-5H2,1-3H3. The van der Waals surface area contributed by atoms with E-state index in [4.69, 9.17) is 9.47 Å². The van der Waals surface area contributed by atoms with Crippen LogP contribution >= 0.6 is 0 Å². The number of amides is 1. The fraction of sp³-hybridized carbons (Fsp3) is 0.417. The van der Waals surface area contributed by atoms with Gasteiger partial charge in [0.1, 0.15) is 5.75 Å². The molecule has 1 aromatic rings. The third kappa shape index (κ3) is 2.66. The largest absolute Gasteiger partial charge is 0.495 e. The van der Waals surface area contributed by atoms with Crippen molar-refractivity contribution < 1.29 is 14.3 Å². The molecule has 1 aromatic carbocycles. The van der Waals surface area contributed by atoms with Crippen molar-refractivity contribution in [3.05, 3.63) is 24.3 Å². The highest BCUT2D eigenvalue weighted by atomic mass is 16.6. The second-order valence-corrected chi connectivity index (χ2v) is 3.12. The molecule has 4 nitrogen and oxygen atoms in total. The molecule has 0 spiro atoms. The minimum atomic E-state index is -0.352. The van der Waals surface area contributed by atoms with E-state index in [0.717, 1.165) is 5.69 Å². The quantitative estimate of drug-likeness (QED) is 0.787. The van der Waals surface area contributed by atoms with Crippen LogP contribution in [-0.2, 0) is 4.74 Å². The van der Waals surface area contributed by atoms with Crippen molar-refractivity contribution in [2.45, 2.75) is 13.8 Å². The molecule has 0 N–H and O–H groups in total. The van der Waals surface area contributed by atoms with Gasteiger partial charge in [0.15, 0.2) is 0 Å². The molecule has 88 valence electrons. The van der Waals surface area contributed by atoms with Gasteiger partial charge in [0, 0.05) is 6.54 Å². The van der Waals surface area contributed by atoms with E-state index in [2.05, 4.69) is 0 Å². The molecule has 0 aliphatic carbocycles. The summed E-state index contributed by atoms with van der Waals surface area (Å²) in [7, 11) is 1.58. The molecule has 1 rings (SSSR count). The van der Waals surface area contributed by atoms with Gasteiger partial charge in [-0.1, -0.05) is 12.1 Å². The van der Waals surface area contributed by atoms with E-state index in [0.29, 0.717) is 18.9 Å². The third-order valence-corrected chi connectivity index (χ3v) is 2.18. The average Bonchev–Trinajstić information content (AvgIpc) is 2.31. The van der Waals surface area contributed by atoms with E-state index >= 15 is 0 Å². The summed E-state index contributed by atoms with van der Waals surface area (Å²) in [5, 5.41) is 0. The predicted molar refractivity (Wildman–Crippen MR) is 63.0 cm³/mol. The lowest BCUT2D eigenvalue weighted by Crippen LogP contribution is -2.31. The smallest absolute Gasteiger partial charge is 0.414 e. The molecule has 0 heterocycles. The van der Waals surface area contributed by atoms with Crippen molar-refractivity contribution in [2.75, 3.05) is 25.2 Å². The number of carbonyl (C=O) groups is 1. The normalized spacial score (nSPS) is 9.69. The summed E-state index contributed by atoms with van der Waals surface area (Å²) >= 11 is 0. The Hall–Kier alpha value is -1.71. The van der Waals surface area contributed by atoms with E-state index in [1.807, 2.05) is 31.2 Å². The van der Waals surface area contributed by atoms with Crippen LogP contribution in [0, 0.1) is 0 Å². The number of para-hydroxylation sites is 2. The Balaban J connectivity index is 2.98. The van der Waals surface area contributed by atoms with Crippen LogP contribution in [-0.4, -0.2) is 26.4 Å². The van der Waals surface area contributed by atoms with Gasteiger partial charge >= 0.3 is 6.09 Å². The van der Waals surface area contributed by atoms with Crippen LogP contribution in [0.25, 0.3) is 0 Å². The third-order valence-electron chi connectivity index (χ3n) is 2.18. The first-order chi connectivity index (χ1) is 7.74. The van der Waals surface area contributed by atoms with Crippen LogP contribution in [0.3, 0.4) is 0 Å². The fourth-order valence-electron chi connectivity index (χ4n) is 1.45. The highest BCUT2D eigenvalue weighted by Crippen LogP contribution is 2.27. The minimum Gasteiger partial charge on any atom is -0.495 e. The van der Waals surface area contributed by atoms with E-state index in [-0.39, 0.29) is 6.09 Å². The maximum absolute atomic E-state index is 11.7. The summed E-state index contributed by atoms with van der Waals surface area (Å²) in [6.45, 7) is 4.58. The number of carbonyl (C=O) groups excluding carboxylic acids is 1. The van der Waals surface area contributed by atoms with Gasteiger partial charge in [-0.05, 0) is 26.0 Å². The molecule has 0 atom stereocenters. The molecule has 0 radical (unpaired) electrons. The predicted octanol–water partition coefficient (Wildman–Crippen LogP) is 2.68. The molecule has 0 bridgehead atoms. The molecule has 0 aliphatic heterocycles. The van der Waals surface area contributed by atoms with Crippen LogP contribution in [0.4, 0.5) is 10.5 Å². The SMILES string of the molecule is CCOC(=O)N(CC)c1ccccc1OC. The zero-order chi connectivity index (χ0) is 12.0. The van der Waals surface area contributed by atoms with Crippen LogP contribution in [0.1, 0.15) is 13.8 Å². The maximum Gasteiger partial charge on any atom is 0.414 e. The molecule has 0 aliphatic rings. The van der Waals surface area contributed by atoms with Crippen LogP contribution in [0.2, 0.25) is 0 Å². The first-order valence-corrected chi connectivity index (χ1v) is 5.31. The first kappa shape index (κ1) is 12.4. The second-order valence-electron chi connectivity index (χ2n) is 3.12. The van der Waals surface area contributed by atoms with Gasteiger partial charge < -0.3 is 9.47 Å². The van der Waals surface area contributed by atoms with Crippen LogP contribution in [0.5, 0.6) is 5.75 Å². The molecule has 4 heteroatoms. The second kappa shape index (κ2) is 6.00. The molecule has 1 amide bonds. The summed E-state index contributed by atoms with van der Waals surface area (Å²) in [6.07, 6.45) is -0.352. The Morgan fingerprint density at radius 1 is 1.31 bits per heavy atom. The molecular formula is C12H17NO3. The van der Waals surface area contributed by atoms with Gasteiger partial charge in [-0.3, -0.25) is 4.90 Å². The van der Waals surface area contributed by atoms with Crippen molar-refractivity contribution in [2.24, 2.45) is 0 Å². The number of rotatable bonds is 4. The highest BCUT2D eigenvalue weighted by molar-refractivity contribution is 5.89. The zero-order valence-corrected chi connectivity index (χ0v) is 9.90. The van der Waals surface area contributed by atoms with Crippen molar-refractivity contribution in [1.82, 2.24) is 0 Å². The number of anilines is 1. The lowest BCUT2D eigenvalue weighted by molar-refractivity contribution is 0.160. The first-order valence-electron chi connectivity index (χ1n) is 5.31. The molecule has 0 saturated carbocycles. The number of hydrogen-bond donors (Lipinski definition) is 0. The summed E-state index contributed by atoms with van der Waals surface area (Å²) < 4.78 is 10.2. The number of benzene rings is 1. The van der Waals surface area contributed by atoms with E-state index in [1.165, 1.54) is 0 Å². The van der Waals surface area contributed by atoms with Crippen molar-refractivity contribution in [1.29, 1.82) is 0 Å². The summed E-state index contributed by atoms with van der Waals surface area (Å²) in [5.74, 6) is 0.664. The Bertz CT molecular complexity index is 352. The molecule has 0 saturated heterocycles. The molecular weight excluding hydrogens is 206 g/mol. The highest BCUT2D eigenvalue weighted by Gasteiger charge is 2.17. The molecule has 16 heavy (non-hydrogen) atoms.